The van der Waals surface area contributed by atoms with Crippen LogP contribution in [-0.4, -0.2) is 83.4 Å². The fourth-order valence-corrected chi connectivity index (χ4v) is 5.61. The number of morpholine rings is 1. The van der Waals surface area contributed by atoms with Crippen molar-refractivity contribution in [1.82, 2.24) is 35.1 Å². The number of tetrazole rings is 1. The molecular formula is C26H27N9O4Si. The molecule has 204 valence electrons. The molecule has 1 fully saturated rings. The van der Waals surface area contributed by atoms with Crippen LogP contribution >= 0.6 is 0 Å². The maximum absolute atomic E-state index is 12.8. The smallest absolute Gasteiger partial charge is 0.254 e. The van der Waals surface area contributed by atoms with Crippen LogP contribution < -0.4 is 14.5 Å². The van der Waals surface area contributed by atoms with E-state index in [2.05, 4.69) is 36.9 Å². The number of rotatable bonds is 9. The zero-order valence-corrected chi connectivity index (χ0v) is 23.2. The van der Waals surface area contributed by atoms with Crippen LogP contribution in [0, 0.1) is 11.3 Å². The molecule has 1 aliphatic heterocycles. The van der Waals surface area contributed by atoms with Gasteiger partial charge in [-0.3, -0.25) is 4.79 Å². The zero-order valence-electron chi connectivity index (χ0n) is 22.0. The van der Waals surface area contributed by atoms with E-state index in [1.165, 1.54) is 6.33 Å². The first-order chi connectivity index (χ1) is 19.5. The third kappa shape index (κ3) is 6.22. The highest BCUT2D eigenvalue weighted by atomic mass is 28.3. The number of amides is 1. The molecule has 2 aromatic heterocycles. The number of nitrogens with zero attached hydrogens (tertiary/aromatic N) is 8. The van der Waals surface area contributed by atoms with E-state index in [0.717, 1.165) is 11.1 Å². The Morgan fingerprint density at radius 2 is 1.93 bits per heavy atom. The van der Waals surface area contributed by atoms with Gasteiger partial charge in [0.25, 0.3) is 14.9 Å². The molecule has 0 aliphatic carbocycles. The highest BCUT2D eigenvalue weighted by Crippen LogP contribution is 2.30. The molecule has 4 aromatic rings. The van der Waals surface area contributed by atoms with Crippen molar-refractivity contribution in [3.63, 3.8) is 0 Å². The van der Waals surface area contributed by atoms with Crippen molar-refractivity contribution >= 4 is 26.6 Å². The third-order valence-electron chi connectivity index (χ3n) is 6.24. The van der Waals surface area contributed by atoms with Gasteiger partial charge in [0.05, 0.1) is 37.7 Å². The standard InChI is InChI=1S/C26H27N9O4Si/c1-37-24-12-19(25(36)34-7-9-38-10-8-34)5-6-22(24)31-26-28-14-21(15-29-26)18-3-4-20(13-27)23(11-18)39-40(2)17-35-16-30-32-33-35/h3-6,11-12,14-16,40H,7-10,17H2,1-2H3,(H,28,29,31)/t40-/m0/s1. The highest BCUT2D eigenvalue weighted by Gasteiger charge is 2.20. The second-order valence-electron chi connectivity index (χ2n) is 9.02. The summed E-state index contributed by atoms with van der Waals surface area (Å²) < 4.78 is 18.6. The number of nitrogens with one attached hydrogen (secondary N) is 1. The summed E-state index contributed by atoms with van der Waals surface area (Å²) >= 11 is 0. The average molecular weight is 558 g/mol. The number of ether oxygens (including phenoxy) is 2. The van der Waals surface area contributed by atoms with Crippen molar-refractivity contribution in [2.24, 2.45) is 0 Å². The van der Waals surface area contributed by atoms with Crippen LogP contribution in [-0.2, 0) is 10.9 Å². The molecule has 1 saturated heterocycles. The first-order valence-corrected chi connectivity index (χ1v) is 15.0. The van der Waals surface area contributed by atoms with Gasteiger partial charge in [-0.1, -0.05) is 6.07 Å². The molecule has 1 amide bonds. The lowest BCUT2D eigenvalue weighted by Gasteiger charge is -2.27. The summed E-state index contributed by atoms with van der Waals surface area (Å²) in [6.07, 6.45) is 5.48. The minimum absolute atomic E-state index is 0.0630. The maximum atomic E-state index is 12.8. The first-order valence-electron chi connectivity index (χ1n) is 12.6. The molecule has 40 heavy (non-hydrogen) atoms. The molecular weight excluding hydrogens is 530 g/mol. The van der Waals surface area contributed by atoms with Crippen molar-refractivity contribution in [3.8, 4) is 28.7 Å². The number of hydrogen-bond donors (Lipinski definition) is 1. The van der Waals surface area contributed by atoms with Gasteiger partial charge in [0.1, 0.15) is 23.9 Å². The number of carbonyl (C=O) groups is 1. The van der Waals surface area contributed by atoms with E-state index < -0.39 is 9.04 Å². The fraction of sp³-hybridized carbons (Fsp3) is 0.269. The molecule has 3 heterocycles. The van der Waals surface area contributed by atoms with Gasteiger partial charge >= 0.3 is 0 Å². The quantitative estimate of drug-likeness (QED) is 0.301. The second-order valence-corrected chi connectivity index (χ2v) is 11.2. The van der Waals surface area contributed by atoms with Gasteiger partial charge in [-0.05, 0) is 52.9 Å². The summed E-state index contributed by atoms with van der Waals surface area (Å²) in [7, 11) is -0.220. The van der Waals surface area contributed by atoms with Gasteiger partial charge < -0.3 is 24.1 Å². The normalized spacial score (nSPS) is 13.8. The predicted molar refractivity (Wildman–Crippen MR) is 147 cm³/mol. The Kier molecular flexibility index (Phi) is 8.23. The molecule has 0 unspecified atom stereocenters. The lowest BCUT2D eigenvalue weighted by Crippen LogP contribution is -2.40. The van der Waals surface area contributed by atoms with E-state index in [4.69, 9.17) is 13.9 Å². The Bertz CT molecular complexity index is 1500. The van der Waals surface area contributed by atoms with Crippen LogP contribution in [0.4, 0.5) is 11.6 Å². The minimum atomic E-state index is -1.77. The molecule has 0 radical (unpaired) electrons. The first kappa shape index (κ1) is 26.7. The van der Waals surface area contributed by atoms with Gasteiger partial charge in [-0.2, -0.15) is 5.26 Å². The van der Waals surface area contributed by atoms with Crippen LogP contribution in [0.2, 0.25) is 6.55 Å². The van der Waals surface area contributed by atoms with E-state index in [-0.39, 0.29) is 5.91 Å². The molecule has 14 heteroatoms. The average Bonchev–Trinajstić information content (AvgIpc) is 3.50. The summed E-state index contributed by atoms with van der Waals surface area (Å²) in [5.41, 5.74) is 3.18. The number of anilines is 2. The Morgan fingerprint density at radius 1 is 1.12 bits per heavy atom. The van der Waals surface area contributed by atoms with Crippen molar-refractivity contribution in [3.05, 3.63) is 66.2 Å². The Morgan fingerprint density at radius 3 is 2.62 bits per heavy atom. The molecule has 1 aliphatic rings. The van der Waals surface area contributed by atoms with Crippen LogP contribution in [0.1, 0.15) is 15.9 Å². The summed E-state index contributed by atoms with van der Waals surface area (Å²) in [5, 5.41) is 23.9. The SMILES string of the molecule is COc1cc(C(=O)N2CCOCC2)ccc1Nc1ncc(-c2ccc(C#N)c(O[Si@@H](C)Cn3cnnn3)c2)cn1. The Labute approximate surface area is 232 Å². The van der Waals surface area contributed by atoms with Gasteiger partial charge in [-0.25, -0.2) is 14.6 Å². The lowest BCUT2D eigenvalue weighted by atomic mass is 10.1. The zero-order chi connectivity index (χ0) is 27.9. The van der Waals surface area contributed by atoms with Gasteiger partial charge in [-0.15, -0.1) is 5.10 Å². The van der Waals surface area contributed by atoms with E-state index in [1.54, 1.807) is 53.4 Å². The summed E-state index contributed by atoms with van der Waals surface area (Å²) in [4.78, 5) is 23.5. The molecule has 0 spiro atoms. The summed E-state index contributed by atoms with van der Waals surface area (Å²) in [5.74, 6) is 1.31. The van der Waals surface area contributed by atoms with Crippen molar-refractivity contribution in [2.45, 2.75) is 12.7 Å². The largest absolute Gasteiger partial charge is 0.544 e. The molecule has 13 nitrogen and oxygen atoms in total. The van der Waals surface area contributed by atoms with E-state index in [9.17, 15) is 10.1 Å². The third-order valence-corrected chi connectivity index (χ3v) is 7.79. The number of benzene rings is 2. The predicted octanol–water partition coefficient (Wildman–Crippen LogP) is 2.20. The number of nitriles is 1. The van der Waals surface area contributed by atoms with E-state index in [1.807, 2.05) is 18.7 Å². The highest BCUT2D eigenvalue weighted by molar-refractivity contribution is 6.49. The molecule has 5 rings (SSSR count). The van der Waals surface area contributed by atoms with Crippen molar-refractivity contribution in [2.75, 3.05) is 38.7 Å². The van der Waals surface area contributed by atoms with Crippen LogP contribution in [0.3, 0.4) is 0 Å². The Hall–Kier alpha value is -4.87. The van der Waals surface area contributed by atoms with E-state index in [0.29, 0.717) is 66.7 Å². The molecule has 0 saturated carbocycles. The fourth-order valence-electron chi connectivity index (χ4n) is 4.21. The number of aromatic nitrogens is 6. The molecule has 0 bridgehead atoms. The van der Waals surface area contributed by atoms with Crippen LogP contribution in [0.25, 0.3) is 11.1 Å². The summed E-state index contributed by atoms with van der Waals surface area (Å²) in [6.45, 7) is 4.22. The maximum Gasteiger partial charge on any atom is 0.254 e. The number of methoxy groups -OCH3 is 1. The number of carbonyl (C=O) groups excluding carboxylic acids is 1. The molecule has 2 aromatic carbocycles. The van der Waals surface area contributed by atoms with Crippen molar-refractivity contribution in [1.29, 1.82) is 5.26 Å². The van der Waals surface area contributed by atoms with Gasteiger partial charge in [0.15, 0.2) is 0 Å². The topological polar surface area (TPSA) is 153 Å². The number of hydrogen-bond acceptors (Lipinski definition) is 11. The van der Waals surface area contributed by atoms with E-state index >= 15 is 0 Å². The monoisotopic (exact) mass is 557 g/mol. The minimum Gasteiger partial charge on any atom is -0.544 e. The van der Waals surface area contributed by atoms with Crippen LogP contribution in [0.5, 0.6) is 11.5 Å². The summed E-state index contributed by atoms with van der Waals surface area (Å²) in [6, 6.07) is 12.8. The van der Waals surface area contributed by atoms with Crippen LogP contribution in [0.15, 0.2) is 55.1 Å². The van der Waals surface area contributed by atoms with Gasteiger partial charge in [0.2, 0.25) is 5.95 Å². The van der Waals surface area contributed by atoms with Crippen molar-refractivity contribution < 1.29 is 18.7 Å². The van der Waals surface area contributed by atoms with Gasteiger partial charge in [0, 0.05) is 36.6 Å². The Balaban J connectivity index is 1.29. The second kappa shape index (κ2) is 12.3. The molecule has 1 N–H and O–H groups in total. The lowest BCUT2D eigenvalue weighted by molar-refractivity contribution is 0.0302. The molecule has 1 atom stereocenters.